The minimum Gasteiger partial charge on any atom is -0.478 e. The van der Waals surface area contributed by atoms with Crippen molar-refractivity contribution in [1.29, 1.82) is 0 Å². The Hall–Kier alpha value is -1.32. The number of hydrogen-bond donors (Lipinski definition) is 1. The second-order valence-corrected chi connectivity index (χ2v) is 4.44. The highest BCUT2D eigenvalue weighted by atomic mass is 16.4. The molecule has 2 atom stereocenters. The molecular weight excluding hydrogens is 192 g/mol. The normalized spacial score (nSPS) is 26.5. The Kier molecular flexibility index (Phi) is 2.75. The summed E-state index contributed by atoms with van der Waals surface area (Å²) in [5.74, 6) is -0.175. The van der Waals surface area contributed by atoms with Crippen molar-refractivity contribution in [2.75, 3.05) is 0 Å². The lowest BCUT2D eigenvalue weighted by Gasteiger charge is -2.26. The Bertz CT molecular complexity index is 359. The summed E-state index contributed by atoms with van der Waals surface area (Å²) < 4.78 is 1.82. The smallest absolute Gasteiger partial charge is 0.338 e. The van der Waals surface area contributed by atoms with Crippen LogP contribution in [0.5, 0.6) is 0 Å². The predicted molar refractivity (Wildman–Crippen MR) is 55.9 cm³/mol. The highest BCUT2D eigenvalue weighted by molar-refractivity contribution is 5.86. The van der Waals surface area contributed by atoms with Gasteiger partial charge in [-0.15, -0.1) is 0 Å². The highest BCUT2D eigenvalue weighted by Gasteiger charge is 2.21. The molecule has 1 aliphatic rings. The van der Waals surface area contributed by atoms with E-state index in [1.54, 1.807) is 6.20 Å². The minimum absolute atomic E-state index is 0.285. The van der Waals surface area contributed by atoms with Gasteiger partial charge in [0.15, 0.2) is 0 Å². The first-order chi connectivity index (χ1) is 7.16. The molecule has 0 saturated heterocycles. The van der Waals surface area contributed by atoms with Crippen molar-refractivity contribution in [2.24, 2.45) is 5.92 Å². The zero-order valence-electron chi connectivity index (χ0n) is 8.89. The number of aromatic carboxylic acids is 1. The van der Waals surface area contributed by atoms with Crippen LogP contribution in [0, 0.1) is 5.92 Å². The molecule has 1 aromatic rings. The molecule has 0 radical (unpaired) electrons. The number of nitrogens with zero attached hydrogens (tertiary/aromatic N) is 2. The first kappa shape index (κ1) is 10.2. The summed E-state index contributed by atoms with van der Waals surface area (Å²) in [5.41, 5.74) is 0.285. The Morgan fingerprint density at radius 3 is 3.00 bits per heavy atom. The topological polar surface area (TPSA) is 55.1 Å². The molecule has 15 heavy (non-hydrogen) atoms. The number of carboxylic acids is 1. The predicted octanol–water partition coefficient (Wildman–Crippen LogP) is 2.33. The monoisotopic (exact) mass is 208 g/mol. The van der Waals surface area contributed by atoms with Crippen LogP contribution < -0.4 is 0 Å². The third kappa shape index (κ3) is 2.19. The molecule has 0 bridgehead atoms. The summed E-state index contributed by atoms with van der Waals surface area (Å²) in [6.07, 6.45) is 7.80. The maximum atomic E-state index is 10.7. The SMILES string of the molecule is CC1CCCC(n2cc(C(=O)O)cn2)C1. The lowest BCUT2D eigenvalue weighted by Crippen LogP contribution is -2.18. The van der Waals surface area contributed by atoms with Crippen LogP contribution >= 0.6 is 0 Å². The Morgan fingerprint density at radius 2 is 2.40 bits per heavy atom. The molecule has 1 aromatic heterocycles. The van der Waals surface area contributed by atoms with Crippen molar-refractivity contribution in [3.63, 3.8) is 0 Å². The van der Waals surface area contributed by atoms with Gasteiger partial charge in [0.1, 0.15) is 0 Å². The van der Waals surface area contributed by atoms with Gasteiger partial charge in [-0.3, -0.25) is 4.68 Å². The van der Waals surface area contributed by atoms with E-state index in [1.165, 1.54) is 19.0 Å². The lowest BCUT2D eigenvalue weighted by atomic mass is 9.87. The van der Waals surface area contributed by atoms with E-state index >= 15 is 0 Å². The Morgan fingerprint density at radius 1 is 1.60 bits per heavy atom. The summed E-state index contributed by atoms with van der Waals surface area (Å²) >= 11 is 0. The maximum Gasteiger partial charge on any atom is 0.338 e. The number of aromatic nitrogens is 2. The van der Waals surface area contributed by atoms with E-state index in [2.05, 4.69) is 12.0 Å². The van der Waals surface area contributed by atoms with Crippen LogP contribution in [0.15, 0.2) is 12.4 Å². The molecule has 1 fully saturated rings. The third-order valence-electron chi connectivity index (χ3n) is 3.13. The van der Waals surface area contributed by atoms with Crippen molar-refractivity contribution < 1.29 is 9.90 Å². The number of carbonyl (C=O) groups is 1. The number of rotatable bonds is 2. The van der Waals surface area contributed by atoms with Gasteiger partial charge >= 0.3 is 5.97 Å². The highest BCUT2D eigenvalue weighted by Crippen LogP contribution is 2.31. The summed E-state index contributed by atoms with van der Waals surface area (Å²) in [4.78, 5) is 10.7. The van der Waals surface area contributed by atoms with Crippen LogP contribution in [-0.4, -0.2) is 20.9 Å². The molecule has 1 N–H and O–H groups in total. The van der Waals surface area contributed by atoms with Crippen LogP contribution in [0.1, 0.15) is 49.0 Å². The van der Waals surface area contributed by atoms with Gasteiger partial charge in [0, 0.05) is 6.20 Å². The Labute approximate surface area is 88.9 Å². The first-order valence-corrected chi connectivity index (χ1v) is 5.44. The minimum atomic E-state index is -0.898. The van der Waals surface area contributed by atoms with E-state index < -0.39 is 5.97 Å². The van der Waals surface area contributed by atoms with Gasteiger partial charge < -0.3 is 5.11 Å². The molecule has 2 rings (SSSR count). The molecular formula is C11H16N2O2. The van der Waals surface area contributed by atoms with Gasteiger partial charge in [0.05, 0.1) is 17.8 Å². The molecule has 82 valence electrons. The molecule has 1 saturated carbocycles. The van der Waals surface area contributed by atoms with Crippen molar-refractivity contribution >= 4 is 5.97 Å². The summed E-state index contributed by atoms with van der Waals surface area (Å²) in [6.45, 7) is 2.24. The van der Waals surface area contributed by atoms with Gasteiger partial charge in [-0.1, -0.05) is 19.8 Å². The second-order valence-electron chi connectivity index (χ2n) is 4.44. The molecule has 4 heteroatoms. The summed E-state index contributed by atoms with van der Waals surface area (Å²) in [5, 5.41) is 12.9. The fourth-order valence-electron chi connectivity index (χ4n) is 2.29. The fourth-order valence-corrected chi connectivity index (χ4v) is 2.29. The standard InChI is InChI=1S/C11H16N2O2/c1-8-3-2-4-10(5-8)13-7-9(6-12-13)11(14)15/h6-8,10H,2-5H2,1H3,(H,14,15). The third-order valence-corrected chi connectivity index (χ3v) is 3.13. The van der Waals surface area contributed by atoms with E-state index in [0.29, 0.717) is 6.04 Å². The zero-order chi connectivity index (χ0) is 10.8. The molecule has 0 aliphatic heterocycles. The number of hydrogen-bond acceptors (Lipinski definition) is 2. The van der Waals surface area contributed by atoms with Gasteiger partial charge in [-0.25, -0.2) is 4.79 Å². The average Bonchev–Trinajstić information content (AvgIpc) is 2.66. The van der Waals surface area contributed by atoms with E-state index in [-0.39, 0.29) is 5.56 Å². The van der Waals surface area contributed by atoms with Crippen molar-refractivity contribution in [1.82, 2.24) is 9.78 Å². The molecule has 2 unspecified atom stereocenters. The lowest BCUT2D eigenvalue weighted by molar-refractivity contribution is 0.0696. The average molecular weight is 208 g/mol. The van der Waals surface area contributed by atoms with Gasteiger partial charge in [0.25, 0.3) is 0 Å². The molecule has 0 amide bonds. The largest absolute Gasteiger partial charge is 0.478 e. The molecule has 4 nitrogen and oxygen atoms in total. The fraction of sp³-hybridized carbons (Fsp3) is 0.636. The van der Waals surface area contributed by atoms with Gasteiger partial charge in [-0.2, -0.15) is 5.10 Å². The van der Waals surface area contributed by atoms with E-state index in [0.717, 1.165) is 18.8 Å². The van der Waals surface area contributed by atoms with Crippen LogP contribution in [0.25, 0.3) is 0 Å². The van der Waals surface area contributed by atoms with Crippen LogP contribution in [0.2, 0.25) is 0 Å². The Balaban J connectivity index is 2.11. The van der Waals surface area contributed by atoms with E-state index in [4.69, 9.17) is 5.11 Å². The van der Waals surface area contributed by atoms with Gasteiger partial charge in [-0.05, 0) is 18.8 Å². The number of carboxylic acid groups (broad SMARTS) is 1. The van der Waals surface area contributed by atoms with Crippen molar-refractivity contribution in [3.8, 4) is 0 Å². The van der Waals surface area contributed by atoms with Crippen LogP contribution in [0.4, 0.5) is 0 Å². The van der Waals surface area contributed by atoms with Crippen molar-refractivity contribution in [3.05, 3.63) is 18.0 Å². The van der Waals surface area contributed by atoms with Crippen molar-refractivity contribution in [2.45, 2.75) is 38.6 Å². The van der Waals surface area contributed by atoms with E-state index in [9.17, 15) is 4.79 Å². The summed E-state index contributed by atoms with van der Waals surface area (Å²) in [7, 11) is 0. The molecule has 0 aromatic carbocycles. The summed E-state index contributed by atoms with van der Waals surface area (Å²) in [6, 6.07) is 0.391. The van der Waals surface area contributed by atoms with Crippen LogP contribution in [-0.2, 0) is 0 Å². The molecule has 1 heterocycles. The zero-order valence-corrected chi connectivity index (χ0v) is 8.89. The quantitative estimate of drug-likeness (QED) is 0.811. The molecule has 1 aliphatic carbocycles. The second kappa shape index (κ2) is 4.04. The maximum absolute atomic E-state index is 10.7. The van der Waals surface area contributed by atoms with E-state index in [1.807, 2.05) is 4.68 Å². The van der Waals surface area contributed by atoms with Crippen LogP contribution in [0.3, 0.4) is 0 Å². The first-order valence-electron chi connectivity index (χ1n) is 5.44. The molecule has 0 spiro atoms. The van der Waals surface area contributed by atoms with Gasteiger partial charge in [0.2, 0.25) is 0 Å².